The van der Waals surface area contributed by atoms with Crippen molar-refractivity contribution in [3.8, 4) is 5.69 Å². The van der Waals surface area contributed by atoms with E-state index < -0.39 is 0 Å². The van der Waals surface area contributed by atoms with Crippen LogP contribution in [0.3, 0.4) is 0 Å². The molecule has 13 heavy (non-hydrogen) atoms. The fourth-order valence-electron chi connectivity index (χ4n) is 2.08. The minimum Gasteiger partial charge on any atom is -0.320 e. The second kappa shape index (κ2) is 2.25. The maximum absolute atomic E-state index is 2.28. The summed E-state index contributed by atoms with van der Waals surface area (Å²) >= 11 is 0. The van der Waals surface area contributed by atoms with Gasteiger partial charge >= 0.3 is 0 Å². The van der Waals surface area contributed by atoms with Crippen molar-refractivity contribution in [3.05, 3.63) is 53.3 Å². The highest BCUT2D eigenvalue weighted by atomic mass is 15.0. The second-order valence-electron chi connectivity index (χ2n) is 3.68. The molecule has 0 unspecified atom stereocenters. The van der Waals surface area contributed by atoms with Gasteiger partial charge in [-0.1, -0.05) is 17.7 Å². The van der Waals surface area contributed by atoms with Gasteiger partial charge in [0.15, 0.2) is 0 Å². The van der Waals surface area contributed by atoms with E-state index in [-0.39, 0.29) is 0 Å². The van der Waals surface area contributed by atoms with E-state index >= 15 is 0 Å². The average Bonchev–Trinajstić information content (AvgIpc) is 2.62. The Hall–Kier alpha value is -1.50. The third-order valence-electron chi connectivity index (χ3n) is 2.70. The number of rotatable bonds is 0. The van der Waals surface area contributed by atoms with Gasteiger partial charge in [0, 0.05) is 24.0 Å². The summed E-state index contributed by atoms with van der Waals surface area (Å²) in [5, 5.41) is 0. The fraction of sp³-hybridized carbons (Fsp3) is 0.167. The Kier molecular flexibility index (Phi) is 1.21. The number of hydrogen-bond donors (Lipinski definition) is 0. The Labute approximate surface area is 77.6 Å². The number of fused-ring (bicyclic) bond motifs is 3. The van der Waals surface area contributed by atoms with E-state index in [0.717, 1.165) is 6.42 Å². The van der Waals surface area contributed by atoms with Crippen LogP contribution in [0, 0.1) is 6.92 Å². The highest BCUT2D eigenvalue weighted by molar-refractivity contribution is 5.51. The molecule has 0 N–H and O–H groups in total. The minimum absolute atomic E-state index is 1.09. The summed E-state index contributed by atoms with van der Waals surface area (Å²) in [6.07, 6.45) is 3.22. The predicted molar refractivity (Wildman–Crippen MR) is 53.3 cm³/mol. The molecule has 0 bridgehead atoms. The molecule has 1 nitrogen and oxygen atoms in total. The summed E-state index contributed by atoms with van der Waals surface area (Å²) in [7, 11) is 0. The normalized spacial score (nSPS) is 12.7. The fourth-order valence-corrected chi connectivity index (χ4v) is 2.08. The minimum atomic E-state index is 1.09. The summed E-state index contributed by atoms with van der Waals surface area (Å²) in [4.78, 5) is 0. The summed E-state index contributed by atoms with van der Waals surface area (Å²) in [6, 6.07) is 11.0. The third-order valence-corrected chi connectivity index (χ3v) is 2.70. The molecule has 0 aliphatic carbocycles. The van der Waals surface area contributed by atoms with Crippen molar-refractivity contribution in [1.29, 1.82) is 0 Å². The molecule has 0 spiro atoms. The van der Waals surface area contributed by atoms with Gasteiger partial charge in [-0.2, -0.15) is 0 Å². The first kappa shape index (κ1) is 6.96. The standard InChI is InChI=1S/C12H11N/c1-9-4-5-12-10(7-9)8-11-3-2-6-13(11)12/h2-7H,8H2,1H3. The number of nitrogens with zero attached hydrogens (tertiary/aromatic N) is 1. The number of aromatic nitrogens is 1. The average molecular weight is 169 g/mol. The maximum Gasteiger partial charge on any atom is 0.0488 e. The molecule has 1 aliphatic rings. The molecule has 2 heterocycles. The Morgan fingerprint density at radius 3 is 3.08 bits per heavy atom. The lowest BCUT2D eigenvalue weighted by atomic mass is 10.1. The number of aryl methyl sites for hydroxylation is 1. The molecule has 64 valence electrons. The van der Waals surface area contributed by atoms with Crippen molar-refractivity contribution in [2.45, 2.75) is 13.3 Å². The molecule has 3 rings (SSSR count). The topological polar surface area (TPSA) is 4.93 Å². The second-order valence-corrected chi connectivity index (χ2v) is 3.68. The van der Waals surface area contributed by atoms with Crippen LogP contribution in [-0.4, -0.2) is 4.57 Å². The SMILES string of the molecule is Cc1ccc2c(c1)Cc1cccn1-2. The lowest BCUT2D eigenvalue weighted by molar-refractivity contribution is 1.05. The van der Waals surface area contributed by atoms with E-state index in [1.54, 1.807) is 0 Å². The molecule has 2 aromatic rings. The van der Waals surface area contributed by atoms with Crippen molar-refractivity contribution in [2.24, 2.45) is 0 Å². The molecule has 1 aliphatic heterocycles. The van der Waals surface area contributed by atoms with Crippen molar-refractivity contribution in [2.75, 3.05) is 0 Å². The van der Waals surface area contributed by atoms with Crippen LogP contribution in [0.15, 0.2) is 36.5 Å². The van der Waals surface area contributed by atoms with Crippen molar-refractivity contribution < 1.29 is 0 Å². The van der Waals surface area contributed by atoms with Gasteiger partial charge < -0.3 is 4.57 Å². The van der Waals surface area contributed by atoms with Gasteiger partial charge in [-0.3, -0.25) is 0 Å². The summed E-state index contributed by atoms with van der Waals surface area (Å²) in [5.41, 5.74) is 5.56. The molecule has 0 fully saturated rings. The van der Waals surface area contributed by atoms with E-state index in [1.807, 2.05) is 0 Å². The van der Waals surface area contributed by atoms with Gasteiger partial charge in [-0.25, -0.2) is 0 Å². The number of hydrogen-bond acceptors (Lipinski definition) is 0. The lowest BCUT2D eigenvalue weighted by Gasteiger charge is -2.01. The molecule has 0 amide bonds. The summed E-state index contributed by atoms with van der Waals surface area (Å²) in [6.45, 7) is 2.15. The molecule has 1 aromatic carbocycles. The van der Waals surface area contributed by atoms with E-state index in [4.69, 9.17) is 0 Å². The van der Waals surface area contributed by atoms with Crippen molar-refractivity contribution in [1.82, 2.24) is 4.57 Å². The smallest absolute Gasteiger partial charge is 0.0488 e. The Morgan fingerprint density at radius 2 is 2.15 bits per heavy atom. The van der Waals surface area contributed by atoms with Crippen LogP contribution in [0.25, 0.3) is 5.69 Å². The van der Waals surface area contributed by atoms with Gasteiger partial charge in [0.2, 0.25) is 0 Å². The molecular weight excluding hydrogens is 158 g/mol. The zero-order chi connectivity index (χ0) is 8.84. The first-order valence-electron chi connectivity index (χ1n) is 4.61. The van der Waals surface area contributed by atoms with E-state index in [9.17, 15) is 0 Å². The van der Waals surface area contributed by atoms with Gasteiger partial charge in [0.1, 0.15) is 0 Å². The molecule has 0 atom stereocenters. The molecule has 0 saturated carbocycles. The molecular formula is C12H11N. The van der Waals surface area contributed by atoms with Gasteiger partial charge in [-0.05, 0) is 30.7 Å². The first-order chi connectivity index (χ1) is 6.34. The lowest BCUT2D eigenvalue weighted by Crippen LogP contribution is -1.88. The van der Waals surface area contributed by atoms with Gasteiger partial charge in [0.25, 0.3) is 0 Å². The monoisotopic (exact) mass is 169 g/mol. The Morgan fingerprint density at radius 1 is 1.23 bits per heavy atom. The van der Waals surface area contributed by atoms with Crippen LogP contribution >= 0.6 is 0 Å². The van der Waals surface area contributed by atoms with Crippen LogP contribution < -0.4 is 0 Å². The highest BCUT2D eigenvalue weighted by Gasteiger charge is 2.16. The Balaban J connectivity index is 2.29. The molecule has 1 heteroatoms. The van der Waals surface area contributed by atoms with E-state index in [0.29, 0.717) is 0 Å². The Bertz CT molecular complexity index is 466. The highest BCUT2D eigenvalue weighted by Crippen LogP contribution is 2.28. The molecule has 0 saturated heterocycles. The van der Waals surface area contributed by atoms with Crippen molar-refractivity contribution >= 4 is 0 Å². The van der Waals surface area contributed by atoms with Gasteiger partial charge in [-0.15, -0.1) is 0 Å². The van der Waals surface area contributed by atoms with Crippen LogP contribution in [0.4, 0.5) is 0 Å². The quantitative estimate of drug-likeness (QED) is 0.487. The third kappa shape index (κ3) is 0.872. The molecule has 1 aromatic heterocycles. The van der Waals surface area contributed by atoms with Crippen LogP contribution in [-0.2, 0) is 6.42 Å². The molecule has 0 radical (unpaired) electrons. The number of benzene rings is 1. The van der Waals surface area contributed by atoms with Crippen LogP contribution in [0.1, 0.15) is 16.8 Å². The van der Waals surface area contributed by atoms with Crippen LogP contribution in [0.5, 0.6) is 0 Å². The zero-order valence-corrected chi connectivity index (χ0v) is 7.62. The summed E-state index contributed by atoms with van der Waals surface area (Å²) < 4.78 is 2.27. The van der Waals surface area contributed by atoms with Gasteiger partial charge in [0.05, 0.1) is 0 Å². The summed E-state index contributed by atoms with van der Waals surface area (Å²) in [5.74, 6) is 0. The maximum atomic E-state index is 2.28. The largest absolute Gasteiger partial charge is 0.320 e. The van der Waals surface area contributed by atoms with E-state index in [2.05, 4.69) is 48.0 Å². The van der Waals surface area contributed by atoms with Crippen molar-refractivity contribution in [3.63, 3.8) is 0 Å². The predicted octanol–water partition coefficient (Wildman–Crippen LogP) is 2.69. The van der Waals surface area contributed by atoms with Crippen LogP contribution in [0.2, 0.25) is 0 Å². The zero-order valence-electron chi connectivity index (χ0n) is 7.62. The van der Waals surface area contributed by atoms with E-state index in [1.165, 1.54) is 22.5 Å². The first-order valence-corrected chi connectivity index (χ1v) is 4.61.